The van der Waals surface area contributed by atoms with E-state index in [4.69, 9.17) is 10.00 Å². The molecule has 0 fully saturated rings. The first-order chi connectivity index (χ1) is 9.10. The van der Waals surface area contributed by atoms with Gasteiger partial charge in [0, 0.05) is 30.7 Å². The SMILES string of the molecule is COc1cc(C(=O)NCCCC#N)ccc1[N+](=O)[O-]. The molecule has 0 aliphatic carbocycles. The van der Waals surface area contributed by atoms with Crippen molar-refractivity contribution in [2.75, 3.05) is 13.7 Å². The first-order valence-electron chi connectivity index (χ1n) is 5.57. The predicted molar refractivity (Wildman–Crippen MR) is 66.8 cm³/mol. The summed E-state index contributed by atoms with van der Waals surface area (Å²) in [6.07, 6.45) is 0.927. The topological polar surface area (TPSA) is 105 Å². The predicted octanol–water partition coefficient (Wildman–Crippen LogP) is 1.64. The van der Waals surface area contributed by atoms with Crippen LogP contribution in [-0.2, 0) is 0 Å². The minimum Gasteiger partial charge on any atom is -0.490 e. The molecule has 1 rings (SSSR count). The fourth-order valence-electron chi connectivity index (χ4n) is 1.44. The molecule has 0 spiro atoms. The third-order valence-electron chi connectivity index (χ3n) is 2.39. The summed E-state index contributed by atoms with van der Waals surface area (Å²) in [7, 11) is 1.30. The Morgan fingerprint density at radius 3 is 2.89 bits per heavy atom. The quantitative estimate of drug-likeness (QED) is 0.477. The smallest absolute Gasteiger partial charge is 0.310 e. The average Bonchev–Trinajstić information content (AvgIpc) is 2.42. The number of amides is 1. The number of carbonyl (C=O) groups is 1. The molecule has 0 atom stereocenters. The third-order valence-corrected chi connectivity index (χ3v) is 2.39. The molecule has 0 aliphatic rings. The molecule has 0 aliphatic heterocycles. The summed E-state index contributed by atoms with van der Waals surface area (Å²) >= 11 is 0. The molecule has 0 unspecified atom stereocenters. The van der Waals surface area contributed by atoms with E-state index in [-0.39, 0.29) is 22.9 Å². The zero-order chi connectivity index (χ0) is 14.3. The summed E-state index contributed by atoms with van der Waals surface area (Å²) in [6, 6.07) is 5.88. The van der Waals surface area contributed by atoms with Gasteiger partial charge in [-0.1, -0.05) is 0 Å². The molecular weight excluding hydrogens is 250 g/mol. The summed E-state index contributed by atoms with van der Waals surface area (Å²) < 4.78 is 4.88. The number of benzene rings is 1. The number of nitriles is 1. The van der Waals surface area contributed by atoms with E-state index < -0.39 is 4.92 Å². The largest absolute Gasteiger partial charge is 0.490 e. The Labute approximate surface area is 109 Å². The summed E-state index contributed by atoms with van der Waals surface area (Å²) in [5, 5.41) is 21.7. The van der Waals surface area contributed by atoms with Crippen LogP contribution >= 0.6 is 0 Å². The highest BCUT2D eigenvalue weighted by molar-refractivity contribution is 5.95. The van der Waals surface area contributed by atoms with Crippen LogP contribution in [0.1, 0.15) is 23.2 Å². The van der Waals surface area contributed by atoms with Crippen molar-refractivity contribution in [1.29, 1.82) is 5.26 Å². The number of unbranched alkanes of at least 4 members (excludes halogenated alkanes) is 1. The lowest BCUT2D eigenvalue weighted by molar-refractivity contribution is -0.385. The van der Waals surface area contributed by atoms with Gasteiger partial charge in [0.05, 0.1) is 18.1 Å². The van der Waals surface area contributed by atoms with Crippen molar-refractivity contribution in [1.82, 2.24) is 5.32 Å². The van der Waals surface area contributed by atoms with Gasteiger partial charge in [-0.25, -0.2) is 0 Å². The lowest BCUT2D eigenvalue weighted by atomic mass is 10.1. The van der Waals surface area contributed by atoms with Crippen LogP contribution in [0.25, 0.3) is 0 Å². The minimum atomic E-state index is -0.576. The molecule has 0 bridgehead atoms. The van der Waals surface area contributed by atoms with Crippen LogP contribution in [0, 0.1) is 21.4 Å². The maximum Gasteiger partial charge on any atom is 0.310 e. The fraction of sp³-hybridized carbons (Fsp3) is 0.333. The van der Waals surface area contributed by atoms with E-state index in [0.717, 1.165) is 0 Å². The normalized spacial score (nSPS) is 9.47. The van der Waals surface area contributed by atoms with E-state index in [0.29, 0.717) is 19.4 Å². The summed E-state index contributed by atoms with van der Waals surface area (Å²) in [6.45, 7) is 0.381. The monoisotopic (exact) mass is 263 g/mol. The molecule has 1 amide bonds. The van der Waals surface area contributed by atoms with Gasteiger partial charge >= 0.3 is 5.69 Å². The Hall–Kier alpha value is -2.62. The molecule has 7 nitrogen and oxygen atoms in total. The Bertz CT molecular complexity index is 522. The van der Waals surface area contributed by atoms with Gasteiger partial charge in [0.2, 0.25) is 0 Å². The van der Waals surface area contributed by atoms with Crippen molar-refractivity contribution in [2.45, 2.75) is 12.8 Å². The van der Waals surface area contributed by atoms with Crippen LogP contribution in [0.2, 0.25) is 0 Å². The van der Waals surface area contributed by atoms with Crippen molar-refractivity contribution in [3.05, 3.63) is 33.9 Å². The van der Waals surface area contributed by atoms with Crippen molar-refractivity contribution < 1.29 is 14.5 Å². The van der Waals surface area contributed by atoms with Gasteiger partial charge in [-0.2, -0.15) is 5.26 Å². The highest BCUT2D eigenvalue weighted by Crippen LogP contribution is 2.27. The Morgan fingerprint density at radius 1 is 1.58 bits per heavy atom. The van der Waals surface area contributed by atoms with E-state index in [1.165, 1.54) is 25.3 Å². The zero-order valence-electron chi connectivity index (χ0n) is 10.4. The van der Waals surface area contributed by atoms with Gasteiger partial charge in [0.25, 0.3) is 5.91 Å². The van der Waals surface area contributed by atoms with E-state index in [9.17, 15) is 14.9 Å². The number of methoxy groups -OCH3 is 1. The number of nitrogens with one attached hydrogen (secondary N) is 1. The summed E-state index contributed by atoms with van der Waals surface area (Å²) in [4.78, 5) is 21.9. The molecule has 7 heteroatoms. The summed E-state index contributed by atoms with van der Waals surface area (Å²) in [5.74, 6) is -0.319. The Balaban J connectivity index is 2.76. The standard InChI is InChI=1S/C12H13N3O4/c1-19-11-8-9(4-5-10(11)15(17)18)12(16)14-7-3-2-6-13/h4-5,8H,2-3,7H2,1H3,(H,14,16). The zero-order valence-corrected chi connectivity index (χ0v) is 10.4. The first kappa shape index (κ1) is 14.4. The lowest BCUT2D eigenvalue weighted by Gasteiger charge is -2.06. The van der Waals surface area contributed by atoms with E-state index in [1.807, 2.05) is 6.07 Å². The molecule has 1 N–H and O–H groups in total. The van der Waals surface area contributed by atoms with Crippen LogP contribution in [0.4, 0.5) is 5.69 Å². The highest BCUT2D eigenvalue weighted by atomic mass is 16.6. The highest BCUT2D eigenvalue weighted by Gasteiger charge is 2.17. The number of nitrogens with zero attached hydrogens (tertiary/aromatic N) is 2. The number of carbonyl (C=O) groups excluding carboxylic acids is 1. The number of nitro benzene ring substituents is 1. The maximum absolute atomic E-state index is 11.7. The van der Waals surface area contributed by atoms with E-state index >= 15 is 0 Å². The molecular formula is C12H13N3O4. The van der Waals surface area contributed by atoms with Crippen LogP contribution in [-0.4, -0.2) is 24.5 Å². The minimum absolute atomic E-state index is 0.0367. The van der Waals surface area contributed by atoms with E-state index in [1.54, 1.807) is 0 Å². The van der Waals surface area contributed by atoms with Crippen LogP contribution < -0.4 is 10.1 Å². The van der Waals surface area contributed by atoms with Gasteiger partial charge in [0.1, 0.15) is 0 Å². The average molecular weight is 263 g/mol. The molecule has 0 saturated carbocycles. The second-order valence-electron chi connectivity index (χ2n) is 3.66. The van der Waals surface area contributed by atoms with Gasteiger partial charge in [-0.3, -0.25) is 14.9 Å². The second kappa shape index (κ2) is 6.96. The third kappa shape index (κ3) is 3.96. The van der Waals surface area contributed by atoms with Gasteiger partial charge in [-0.15, -0.1) is 0 Å². The maximum atomic E-state index is 11.7. The molecule has 1 aromatic rings. The first-order valence-corrected chi connectivity index (χ1v) is 5.57. The molecule has 0 saturated heterocycles. The van der Waals surface area contributed by atoms with E-state index in [2.05, 4.69) is 5.32 Å². The molecule has 0 heterocycles. The van der Waals surface area contributed by atoms with Gasteiger partial charge < -0.3 is 10.1 Å². The van der Waals surface area contributed by atoms with Crippen molar-refractivity contribution >= 4 is 11.6 Å². The van der Waals surface area contributed by atoms with Gasteiger partial charge in [0.15, 0.2) is 5.75 Å². The second-order valence-corrected chi connectivity index (χ2v) is 3.66. The molecule has 0 aromatic heterocycles. The molecule has 1 aromatic carbocycles. The Morgan fingerprint density at radius 2 is 2.32 bits per heavy atom. The van der Waals surface area contributed by atoms with Crippen molar-refractivity contribution in [3.8, 4) is 11.8 Å². The Kier molecular flexibility index (Phi) is 5.29. The molecule has 19 heavy (non-hydrogen) atoms. The van der Waals surface area contributed by atoms with Crippen LogP contribution in [0.5, 0.6) is 5.75 Å². The number of hydrogen-bond acceptors (Lipinski definition) is 5. The van der Waals surface area contributed by atoms with Crippen molar-refractivity contribution in [2.24, 2.45) is 0 Å². The number of ether oxygens (including phenoxy) is 1. The fourth-order valence-corrected chi connectivity index (χ4v) is 1.44. The lowest BCUT2D eigenvalue weighted by Crippen LogP contribution is -2.24. The van der Waals surface area contributed by atoms with Crippen molar-refractivity contribution in [3.63, 3.8) is 0 Å². The molecule has 100 valence electrons. The van der Waals surface area contributed by atoms with Gasteiger partial charge in [-0.05, 0) is 12.5 Å². The number of nitro groups is 1. The number of hydrogen-bond donors (Lipinski definition) is 1. The van der Waals surface area contributed by atoms with Crippen LogP contribution in [0.15, 0.2) is 18.2 Å². The molecule has 0 radical (unpaired) electrons. The van der Waals surface area contributed by atoms with Crippen LogP contribution in [0.3, 0.4) is 0 Å². The summed E-state index contributed by atoms with van der Waals surface area (Å²) in [5.41, 5.74) is 0.0861. The number of rotatable bonds is 6.